The van der Waals surface area contributed by atoms with Crippen molar-refractivity contribution < 1.29 is 18.0 Å². The molecular weight excluding hydrogens is 378 g/mol. The quantitative estimate of drug-likeness (QED) is 0.650. The number of hydrogen-bond donors (Lipinski definition) is 3. The van der Waals surface area contributed by atoms with Gasteiger partial charge in [-0.2, -0.15) is 0 Å². The van der Waals surface area contributed by atoms with E-state index in [4.69, 9.17) is 11.6 Å². The summed E-state index contributed by atoms with van der Waals surface area (Å²) in [4.78, 5) is 23.2. The SMILES string of the molecule is O=C1NC(=O)C(c2cc(Cl)ccc2S(=O)(=O)NCCc2ccccc2)N1. The normalized spacial score (nSPS) is 17.0. The van der Waals surface area contributed by atoms with Crippen molar-refractivity contribution in [2.24, 2.45) is 0 Å². The van der Waals surface area contributed by atoms with Crippen LogP contribution in [0.15, 0.2) is 53.4 Å². The summed E-state index contributed by atoms with van der Waals surface area (Å²) >= 11 is 5.95. The summed E-state index contributed by atoms with van der Waals surface area (Å²) in [5.41, 5.74) is 1.11. The summed E-state index contributed by atoms with van der Waals surface area (Å²) < 4.78 is 27.9. The van der Waals surface area contributed by atoms with Crippen molar-refractivity contribution in [3.8, 4) is 0 Å². The fraction of sp³-hybridized carbons (Fsp3) is 0.176. The van der Waals surface area contributed by atoms with Crippen molar-refractivity contribution in [2.45, 2.75) is 17.4 Å². The van der Waals surface area contributed by atoms with Gasteiger partial charge in [-0.3, -0.25) is 10.1 Å². The van der Waals surface area contributed by atoms with Gasteiger partial charge >= 0.3 is 6.03 Å². The number of amides is 3. The summed E-state index contributed by atoms with van der Waals surface area (Å²) in [6.07, 6.45) is 0.518. The van der Waals surface area contributed by atoms with Crippen LogP contribution in [0.2, 0.25) is 5.02 Å². The van der Waals surface area contributed by atoms with E-state index in [9.17, 15) is 18.0 Å². The molecule has 26 heavy (non-hydrogen) atoms. The number of carbonyl (C=O) groups excluding carboxylic acids is 2. The highest BCUT2D eigenvalue weighted by atomic mass is 35.5. The van der Waals surface area contributed by atoms with Crippen molar-refractivity contribution in [1.29, 1.82) is 0 Å². The molecule has 1 aliphatic rings. The second-order valence-corrected chi connectivity index (χ2v) is 7.88. The number of halogens is 1. The fourth-order valence-electron chi connectivity index (χ4n) is 2.68. The molecule has 1 unspecified atom stereocenters. The zero-order chi connectivity index (χ0) is 18.7. The molecule has 3 N–H and O–H groups in total. The minimum absolute atomic E-state index is 0.0997. The van der Waals surface area contributed by atoms with Crippen LogP contribution >= 0.6 is 11.6 Å². The molecule has 0 aliphatic carbocycles. The van der Waals surface area contributed by atoms with E-state index < -0.39 is 28.0 Å². The molecule has 2 aromatic rings. The molecule has 136 valence electrons. The Balaban J connectivity index is 1.83. The predicted octanol–water partition coefficient (Wildman–Crippen LogP) is 1.74. The molecule has 0 saturated carbocycles. The first kappa shape index (κ1) is 18.4. The average Bonchev–Trinajstić information content (AvgIpc) is 2.93. The molecule has 1 heterocycles. The Morgan fingerprint density at radius 1 is 1.08 bits per heavy atom. The van der Waals surface area contributed by atoms with Crippen LogP contribution in [0.4, 0.5) is 4.79 Å². The number of nitrogens with one attached hydrogen (secondary N) is 3. The maximum Gasteiger partial charge on any atom is 0.322 e. The molecule has 0 radical (unpaired) electrons. The Bertz CT molecular complexity index is 948. The van der Waals surface area contributed by atoms with Gasteiger partial charge in [-0.15, -0.1) is 0 Å². The van der Waals surface area contributed by atoms with Gasteiger partial charge in [0.15, 0.2) is 0 Å². The van der Waals surface area contributed by atoms with Gasteiger partial charge in [0.1, 0.15) is 6.04 Å². The number of sulfonamides is 1. The summed E-state index contributed by atoms with van der Waals surface area (Å²) in [7, 11) is -3.90. The van der Waals surface area contributed by atoms with Crippen LogP contribution in [0.25, 0.3) is 0 Å². The molecule has 0 bridgehead atoms. The molecule has 3 rings (SSSR count). The molecule has 1 saturated heterocycles. The van der Waals surface area contributed by atoms with Crippen LogP contribution in [0.1, 0.15) is 17.2 Å². The Morgan fingerprint density at radius 3 is 2.46 bits per heavy atom. The van der Waals surface area contributed by atoms with Gasteiger partial charge in [-0.05, 0) is 30.2 Å². The Morgan fingerprint density at radius 2 is 1.81 bits per heavy atom. The lowest BCUT2D eigenvalue weighted by molar-refractivity contribution is -0.120. The van der Waals surface area contributed by atoms with Gasteiger partial charge in [-0.1, -0.05) is 41.9 Å². The van der Waals surface area contributed by atoms with Crippen LogP contribution in [-0.4, -0.2) is 26.9 Å². The molecule has 1 aliphatic heterocycles. The third-order valence-corrected chi connectivity index (χ3v) is 5.67. The summed E-state index contributed by atoms with van der Waals surface area (Å²) in [5.74, 6) is -0.627. The minimum atomic E-state index is -3.90. The average molecular weight is 394 g/mol. The molecule has 2 aromatic carbocycles. The maximum atomic E-state index is 12.7. The maximum absolute atomic E-state index is 12.7. The van der Waals surface area contributed by atoms with Crippen LogP contribution < -0.4 is 15.4 Å². The fourth-order valence-corrected chi connectivity index (χ4v) is 4.12. The molecule has 0 spiro atoms. The zero-order valence-corrected chi connectivity index (χ0v) is 15.1. The Labute approximate surface area is 155 Å². The van der Waals surface area contributed by atoms with Gasteiger partial charge in [-0.25, -0.2) is 17.9 Å². The monoisotopic (exact) mass is 393 g/mol. The first-order valence-corrected chi connectivity index (χ1v) is 9.67. The molecule has 3 amide bonds. The van der Waals surface area contributed by atoms with E-state index in [2.05, 4.69) is 15.4 Å². The van der Waals surface area contributed by atoms with E-state index in [0.717, 1.165) is 5.56 Å². The van der Waals surface area contributed by atoms with Gasteiger partial charge in [0.05, 0.1) is 4.90 Å². The molecule has 9 heteroatoms. The minimum Gasteiger partial charge on any atom is -0.322 e. The smallest absolute Gasteiger partial charge is 0.322 e. The van der Waals surface area contributed by atoms with E-state index in [-0.39, 0.29) is 22.0 Å². The third-order valence-electron chi connectivity index (χ3n) is 3.90. The zero-order valence-electron chi connectivity index (χ0n) is 13.5. The van der Waals surface area contributed by atoms with E-state index in [1.807, 2.05) is 30.3 Å². The lowest BCUT2D eigenvalue weighted by Crippen LogP contribution is -2.29. The van der Waals surface area contributed by atoms with Crippen molar-refractivity contribution in [3.05, 3.63) is 64.7 Å². The molecular formula is C17H16ClN3O4S. The number of benzene rings is 2. The lowest BCUT2D eigenvalue weighted by Gasteiger charge is -2.15. The van der Waals surface area contributed by atoms with Gasteiger partial charge in [0.25, 0.3) is 5.91 Å². The van der Waals surface area contributed by atoms with Crippen LogP contribution in [0.3, 0.4) is 0 Å². The predicted molar refractivity (Wildman–Crippen MR) is 96.2 cm³/mol. The first-order chi connectivity index (χ1) is 12.4. The summed E-state index contributed by atoms with van der Waals surface area (Å²) in [6, 6.07) is 11.8. The van der Waals surface area contributed by atoms with Crippen molar-refractivity contribution in [1.82, 2.24) is 15.4 Å². The number of hydrogen-bond acceptors (Lipinski definition) is 4. The van der Waals surface area contributed by atoms with E-state index in [0.29, 0.717) is 6.42 Å². The molecule has 1 fully saturated rings. The van der Waals surface area contributed by atoms with Crippen LogP contribution in [0, 0.1) is 0 Å². The van der Waals surface area contributed by atoms with Crippen molar-refractivity contribution in [3.63, 3.8) is 0 Å². The topological polar surface area (TPSA) is 104 Å². The van der Waals surface area contributed by atoms with Gasteiger partial charge in [0, 0.05) is 17.1 Å². The highest BCUT2D eigenvalue weighted by molar-refractivity contribution is 7.89. The summed E-state index contributed by atoms with van der Waals surface area (Å²) in [5, 5.41) is 4.73. The van der Waals surface area contributed by atoms with Gasteiger partial charge < -0.3 is 5.32 Å². The number of urea groups is 1. The van der Waals surface area contributed by atoms with E-state index >= 15 is 0 Å². The summed E-state index contributed by atoms with van der Waals surface area (Å²) in [6.45, 7) is 0.192. The molecule has 7 nitrogen and oxygen atoms in total. The molecule has 1 atom stereocenters. The largest absolute Gasteiger partial charge is 0.322 e. The van der Waals surface area contributed by atoms with Gasteiger partial charge in [0.2, 0.25) is 10.0 Å². The molecule has 0 aromatic heterocycles. The Kier molecular flexibility index (Phi) is 5.26. The third kappa shape index (κ3) is 4.04. The Hall–Kier alpha value is -2.42. The highest BCUT2D eigenvalue weighted by Crippen LogP contribution is 2.27. The lowest BCUT2D eigenvalue weighted by atomic mass is 10.1. The second kappa shape index (κ2) is 7.45. The van der Waals surface area contributed by atoms with Crippen molar-refractivity contribution in [2.75, 3.05) is 6.54 Å². The van der Waals surface area contributed by atoms with Crippen molar-refractivity contribution >= 4 is 33.6 Å². The number of carbonyl (C=O) groups is 2. The van der Waals surface area contributed by atoms with Crippen LogP contribution in [-0.2, 0) is 21.2 Å². The van der Waals surface area contributed by atoms with E-state index in [1.165, 1.54) is 18.2 Å². The van der Waals surface area contributed by atoms with Crippen LogP contribution in [0.5, 0.6) is 0 Å². The first-order valence-electron chi connectivity index (χ1n) is 7.81. The standard InChI is InChI=1S/C17H16ClN3O4S/c18-12-6-7-14(13(10-12)15-16(22)21-17(23)20-15)26(24,25)19-9-8-11-4-2-1-3-5-11/h1-7,10,15,19H,8-9H2,(H2,20,21,22,23). The second-order valence-electron chi connectivity index (χ2n) is 5.71. The number of rotatable bonds is 6. The highest BCUT2D eigenvalue weighted by Gasteiger charge is 2.35. The van der Waals surface area contributed by atoms with E-state index in [1.54, 1.807) is 0 Å². The number of imide groups is 1.